The van der Waals surface area contributed by atoms with Crippen molar-refractivity contribution in [3.63, 3.8) is 0 Å². The molecular formula is C29H23NS2. The van der Waals surface area contributed by atoms with E-state index in [1.165, 1.54) is 32.5 Å². The summed E-state index contributed by atoms with van der Waals surface area (Å²) >= 11 is 3.73. The van der Waals surface area contributed by atoms with Crippen LogP contribution in [0.2, 0.25) is 0 Å². The summed E-state index contributed by atoms with van der Waals surface area (Å²) in [5, 5.41) is 2.31. The lowest BCUT2D eigenvalue weighted by molar-refractivity contribution is 1.15. The molecule has 0 atom stereocenters. The molecule has 0 saturated carbocycles. The van der Waals surface area contributed by atoms with Crippen molar-refractivity contribution in [2.24, 2.45) is 0 Å². The third-order valence-electron chi connectivity index (χ3n) is 5.32. The minimum Gasteiger partial charge on any atom is -0.241 e. The van der Waals surface area contributed by atoms with Crippen molar-refractivity contribution in [3.05, 3.63) is 126 Å². The lowest BCUT2D eigenvalue weighted by Crippen LogP contribution is -1.95. The minimum atomic E-state index is 0.898. The van der Waals surface area contributed by atoms with Gasteiger partial charge in [-0.25, -0.2) is 4.98 Å². The summed E-state index contributed by atoms with van der Waals surface area (Å²) in [7, 11) is 0. The molecule has 1 aromatic heterocycles. The summed E-state index contributed by atoms with van der Waals surface area (Å²) in [6, 6.07) is 40.5. The smallest absolute Gasteiger partial charge is 0.106 e. The quantitative estimate of drug-likeness (QED) is 0.231. The molecule has 0 aliphatic rings. The third-order valence-corrected chi connectivity index (χ3v) is 7.56. The first-order valence-corrected chi connectivity index (χ1v) is 12.7. The number of nitrogens with zero attached hydrogens (tertiary/aromatic N) is 1. The lowest BCUT2D eigenvalue weighted by atomic mass is 10.1. The maximum Gasteiger partial charge on any atom is 0.106 e. The summed E-state index contributed by atoms with van der Waals surface area (Å²) in [5.41, 5.74) is 6.15. The molecule has 0 bridgehead atoms. The second-order valence-electron chi connectivity index (χ2n) is 7.55. The van der Waals surface area contributed by atoms with Crippen molar-refractivity contribution in [3.8, 4) is 11.1 Å². The first-order valence-electron chi connectivity index (χ1n) is 10.7. The molecule has 32 heavy (non-hydrogen) atoms. The van der Waals surface area contributed by atoms with Gasteiger partial charge in [-0.3, -0.25) is 0 Å². The molecule has 3 heteroatoms. The van der Waals surface area contributed by atoms with Gasteiger partial charge in [0.1, 0.15) is 5.03 Å². The first-order chi connectivity index (χ1) is 15.9. The zero-order valence-electron chi connectivity index (χ0n) is 17.6. The highest BCUT2D eigenvalue weighted by atomic mass is 32.2. The van der Waals surface area contributed by atoms with E-state index < -0.39 is 0 Å². The minimum absolute atomic E-state index is 0.898. The van der Waals surface area contributed by atoms with Gasteiger partial charge in [-0.15, -0.1) is 23.5 Å². The first kappa shape index (κ1) is 20.9. The Morgan fingerprint density at radius 1 is 0.531 bits per heavy atom. The van der Waals surface area contributed by atoms with Gasteiger partial charge >= 0.3 is 0 Å². The van der Waals surface area contributed by atoms with Gasteiger partial charge in [0.25, 0.3) is 0 Å². The molecule has 0 aliphatic heterocycles. The fourth-order valence-electron chi connectivity index (χ4n) is 3.73. The molecule has 0 radical (unpaired) electrons. The molecule has 1 nitrogen and oxygen atoms in total. The predicted octanol–water partition coefficient (Wildman–Crippen LogP) is 8.49. The van der Waals surface area contributed by atoms with Crippen LogP contribution in [0.25, 0.3) is 22.0 Å². The molecule has 0 N–H and O–H groups in total. The van der Waals surface area contributed by atoms with E-state index >= 15 is 0 Å². The molecule has 0 fully saturated rings. The van der Waals surface area contributed by atoms with Gasteiger partial charge in [-0.2, -0.15) is 0 Å². The zero-order valence-corrected chi connectivity index (χ0v) is 19.3. The number of aromatic nitrogens is 1. The number of thioether (sulfide) groups is 2. The van der Waals surface area contributed by atoms with Crippen molar-refractivity contribution >= 4 is 34.4 Å². The van der Waals surface area contributed by atoms with Crippen LogP contribution in [-0.4, -0.2) is 4.98 Å². The van der Waals surface area contributed by atoms with Gasteiger partial charge in [0.15, 0.2) is 0 Å². The predicted molar refractivity (Wildman–Crippen MR) is 139 cm³/mol. The van der Waals surface area contributed by atoms with Crippen molar-refractivity contribution < 1.29 is 0 Å². The Bertz CT molecular complexity index is 1300. The standard InChI is InChI=1S/C29H23NS2/c1-4-12-22(13-5-1)20-31-28-25-18-10-11-19-26(25)30-29(27(28)24-16-8-3-9-17-24)32-21-23-14-6-2-7-15-23/h1-19H,20-21H2. The Morgan fingerprint density at radius 3 is 1.72 bits per heavy atom. The van der Waals surface area contributed by atoms with Gasteiger partial charge in [0.05, 0.1) is 5.52 Å². The number of hydrogen-bond donors (Lipinski definition) is 0. The lowest BCUT2D eigenvalue weighted by Gasteiger charge is -2.17. The highest BCUT2D eigenvalue weighted by Gasteiger charge is 2.18. The van der Waals surface area contributed by atoms with Crippen LogP contribution in [0.3, 0.4) is 0 Å². The molecule has 5 rings (SSSR count). The molecule has 5 aromatic rings. The number of pyridine rings is 1. The van der Waals surface area contributed by atoms with Gasteiger partial charge in [0.2, 0.25) is 0 Å². The number of fused-ring (bicyclic) bond motifs is 1. The van der Waals surface area contributed by atoms with Crippen LogP contribution in [-0.2, 0) is 11.5 Å². The van der Waals surface area contributed by atoms with Gasteiger partial charge in [-0.1, -0.05) is 109 Å². The fourth-order valence-corrected chi connectivity index (χ4v) is 6.01. The van der Waals surface area contributed by atoms with E-state index in [0.717, 1.165) is 22.0 Å². The maximum atomic E-state index is 5.13. The fraction of sp³-hybridized carbons (Fsp3) is 0.0690. The van der Waals surface area contributed by atoms with E-state index in [2.05, 4.69) is 115 Å². The highest BCUT2D eigenvalue weighted by molar-refractivity contribution is 7.99. The Hall–Kier alpha value is -3.01. The Labute approximate surface area is 197 Å². The Morgan fingerprint density at radius 2 is 1.06 bits per heavy atom. The normalized spacial score (nSPS) is 11.0. The van der Waals surface area contributed by atoms with Gasteiger partial charge < -0.3 is 0 Å². The molecular weight excluding hydrogens is 426 g/mol. The van der Waals surface area contributed by atoms with E-state index in [0.29, 0.717) is 0 Å². The number of benzene rings is 4. The summed E-state index contributed by atoms with van der Waals surface area (Å²) in [5.74, 6) is 1.83. The van der Waals surface area contributed by atoms with E-state index in [4.69, 9.17) is 4.98 Å². The van der Waals surface area contributed by atoms with Crippen LogP contribution in [0.15, 0.2) is 125 Å². The van der Waals surface area contributed by atoms with Crippen molar-refractivity contribution in [2.75, 3.05) is 0 Å². The largest absolute Gasteiger partial charge is 0.241 e. The van der Waals surface area contributed by atoms with E-state index in [1.807, 2.05) is 23.5 Å². The third kappa shape index (κ3) is 4.74. The molecule has 4 aromatic carbocycles. The number of rotatable bonds is 7. The highest BCUT2D eigenvalue weighted by Crippen LogP contribution is 2.43. The molecule has 156 valence electrons. The summed E-state index contributed by atoms with van der Waals surface area (Å²) in [6.45, 7) is 0. The van der Waals surface area contributed by atoms with Crippen LogP contribution in [0, 0.1) is 0 Å². The van der Waals surface area contributed by atoms with Crippen LogP contribution in [0.5, 0.6) is 0 Å². The Kier molecular flexibility index (Phi) is 6.57. The molecule has 0 saturated heterocycles. The molecule has 0 unspecified atom stereocenters. The summed E-state index contributed by atoms with van der Waals surface area (Å²) in [6.07, 6.45) is 0. The molecule has 1 heterocycles. The number of hydrogen-bond acceptors (Lipinski definition) is 3. The monoisotopic (exact) mass is 449 g/mol. The van der Waals surface area contributed by atoms with Crippen molar-refractivity contribution in [2.45, 2.75) is 21.4 Å². The van der Waals surface area contributed by atoms with Gasteiger partial charge in [0, 0.05) is 27.4 Å². The van der Waals surface area contributed by atoms with Crippen LogP contribution < -0.4 is 0 Å². The average Bonchev–Trinajstić information content (AvgIpc) is 2.87. The summed E-state index contributed by atoms with van der Waals surface area (Å²) < 4.78 is 0. The van der Waals surface area contributed by atoms with E-state index in [-0.39, 0.29) is 0 Å². The second kappa shape index (κ2) is 10.1. The Balaban J connectivity index is 1.62. The van der Waals surface area contributed by atoms with Crippen molar-refractivity contribution in [1.29, 1.82) is 0 Å². The van der Waals surface area contributed by atoms with E-state index in [9.17, 15) is 0 Å². The SMILES string of the molecule is c1ccc(CSc2nc3ccccc3c(SCc3ccccc3)c2-c2ccccc2)cc1. The molecule has 0 amide bonds. The van der Waals surface area contributed by atoms with Gasteiger partial charge in [-0.05, 0) is 22.8 Å². The zero-order chi connectivity index (χ0) is 21.6. The van der Waals surface area contributed by atoms with Crippen LogP contribution >= 0.6 is 23.5 Å². The summed E-state index contributed by atoms with van der Waals surface area (Å²) in [4.78, 5) is 6.44. The average molecular weight is 450 g/mol. The maximum absolute atomic E-state index is 5.13. The van der Waals surface area contributed by atoms with Crippen molar-refractivity contribution in [1.82, 2.24) is 4.98 Å². The number of para-hydroxylation sites is 1. The van der Waals surface area contributed by atoms with Crippen LogP contribution in [0.1, 0.15) is 11.1 Å². The molecule has 0 spiro atoms. The van der Waals surface area contributed by atoms with E-state index in [1.54, 1.807) is 0 Å². The second-order valence-corrected chi connectivity index (χ2v) is 9.50. The topological polar surface area (TPSA) is 12.9 Å². The van der Waals surface area contributed by atoms with Crippen LogP contribution in [0.4, 0.5) is 0 Å². The molecule has 0 aliphatic carbocycles.